The highest BCUT2D eigenvalue weighted by atomic mass is 16.5. The molecule has 1 aliphatic rings. The molecule has 342 valence electrons. The molecule has 62 heavy (non-hydrogen) atoms. The van der Waals surface area contributed by atoms with Crippen LogP contribution in [0.1, 0.15) is 106 Å². The van der Waals surface area contributed by atoms with Crippen LogP contribution >= 0.6 is 0 Å². The normalized spacial score (nSPS) is 24.7. The third-order valence-electron chi connectivity index (χ3n) is 11.3. The number of cyclic esters (lactones) is 1. The van der Waals surface area contributed by atoms with E-state index in [2.05, 4.69) is 20.9 Å². The van der Waals surface area contributed by atoms with Crippen molar-refractivity contribution in [3.63, 3.8) is 0 Å². The molecule has 3 rings (SSSR count). The lowest BCUT2D eigenvalue weighted by Gasteiger charge is -2.35. The van der Waals surface area contributed by atoms with Gasteiger partial charge in [0.15, 0.2) is 6.10 Å². The number of amides is 6. The predicted octanol–water partition coefficient (Wildman–Crippen LogP) is 4.08. The average molecular weight is 863 g/mol. The van der Waals surface area contributed by atoms with Crippen LogP contribution in [0, 0.1) is 35.0 Å². The maximum atomic E-state index is 14.8. The van der Waals surface area contributed by atoms with Crippen molar-refractivity contribution in [1.29, 1.82) is 5.26 Å². The highest BCUT2D eigenvalue weighted by molar-refractivity contribution is 5.98. The number of carbonyl (C=O) groups excluding carboxylic acids is 7. The van der Waals surface area contributed by atoms with Crippen molar-refractivity contribution >= 4 is 52.3 Å². The number of fused-ring (bicyclic) bond motifs is 1. The molecule has 6 amide bonds. The fraction of sp³-hybridized carbons (Fsp3) is 0.652. The molecule has 0 spiro atoms. The summed E-state index contributed by atoms with van der Waals surface area (Å²) in [5, 5.41) is 18.9. The summed E-state index contributed by atoms with van der Waals surface area (Å²) in [5.74, 6) is -5.01. The molecule has 1 aromatic heterocycles. The SMILES string of the molecule is CC(C)C[C@@H]1NC(=O)[C@H](Cc2c[nH]c3ccccc23)N(C)C(=O)[C@H](CC(C)C)NC(=O)[C@H](CC(C)C)N(C)C(=O)[C@H](CC(C)C)NC(=O)[C@@H](CCC#N)OC(=O)[C@H](C)N(C)C1=O. The first-order chi connectivity index (χ1) is 29.1. The minimum absolute atomic E-state index is 0.0527. The summed E-state index contributed by atoms with van der Waals surface area (Å²) < 4.78 is 5.70. The molecule has 0 bridgehead atoms. The van der Waals surface area contributed by atoms with Gasteiger partial charge in [0, 0.05) is 57.5 Å². The molecule has 0 radical (unpaired) electrons. The molecular formula is C46H70N8O8. The minimum Gasteiger partial charge on any atom is -0.451 e. The first-order valence-electron chi connectivity index (χ1n) is 21.9. The first-order valence-corrected chi connectivity index (χ1v) is 21.9. The molecule has 1 fully saturated rings. The van der Waals surface area contributed by atoms with Gasteiger partial charge in [-0.2, -0.15) is 5.26 Å². The van der Waals surface area contributed by atoms with E-state index in [1.165, 1.54) is 37.9 Å². The van der Waals surface area contributed by atoms with E-state index in [0.717, 1.165) is 21.4 Å². The summed E-state index contributed by atoms with van der Waals surface area (Å²) in [5.41, 5.74) is 1.58. The van der Waals surface area contributed by atoms with Gasteiger partial charge >= 0.3 is 5.97 Å². The number of rotatable bonds is 12. The maximum absolute atomic E-state index is 14.8. The molecular weight excluding hydrogens is 793 g/mol. The summed E-state index contributed by atoms with van der Waals surface area (Å²) in [4.78, 5) is 107. The Hall–Kier alpha value is -5.46. The van der Waals surface area contributed by atoms with Crippen LogP contribution in [0.3, 0.4) is 0 Å². The van der Waals surface area contributed by atoms with Gasteiger partial charge in [-0.25, -0.2) is 4.79 Å². The van der Waals surface area contributed by atoms with Crippen LogP contribution in [0.15, 0.2) is 30.5 Å². The van der Waals surface area contributed by atoms with Crippen LogP contribution in [-0.2, 0) is 44.7 Å². The largest absolute Gasteiger partial charge is 0.451 e. The number of nitrogens with zero attached hydrogens (tertiary/aromatic N) is 4. The quantitative estimate of drug-likeness (QED) is 0.226. The Kier molecular flexibility index (Phi) is 19.0. The molecule has 16 nitrogen and oxygen atoms in total. The van der Waals surface area contributed by atoms with E-state index in [0.29, 0.717) is 0 Å². The van der Waals surface area contributed by atoms with Crippen molar-refractivity contribution in [2.24, 2.45) is 23.7 Å². The van der Waals surface area contributed by atoms with Gasteiger partial charge in [-0.1, -0.05) is 73.6 Å². The van der Waals surface area contributed by atoms with E-state index in [1.54, 1.807) is 6.20 Å². The smallest absolute Gasteiger partial charge is 0.329 e. The van der Waals surface area contributed by atoms with Gasteiger partial charge in [0.05, 0.1) is 6.07 Å². The van der Waals surface area contributed by atoms with Gasteiger partial charge in [0.1, 0.15) is 36.3 Å². The van der Waals surface area contributed by atoms with Crippen molar-refractivity contribution in [2.75, 3.05) is 21.1 Å². The summed E-state index contributed by atoms with van der Waals surface area (Å²) in [6.07, 6.45) is 0.801. The van der Waals surface area contributed by atoms with Crippen molar-refractivity contribution in [2.45, 2.75) is 150 Å². The van der Waals surface area contributed by atoms with Crippen LogP contribution in [0.2, 0.25) is 0 Å². The van der Waals surface area contributed by atoms with Crippen LogP contribution < -0.4 is 16.0 Å². The maximum Gasteiger partial charge on any atom is 0.329 e. The number of esters is 1. The number of nitriles is 1. The Morgan fingerprint density at radius 1 is 0.645 bits per heavy atom. The Labute approximate surface area is 367 Å². The lowest BCUT2D eigenvalue weighted by molar-refractivity contribution is -0.163. The number of hydrogen-bond donors (Lipinski definition) is 4. The highest BCUT2D eigenvalue weighted by Gasteiger charge is 2.40. The molecule has 2 heterocycles. The number of benzene rings is 1. The Balaban J connectivity index is 2.26. The molecule has 0 aliphatic carbocycles. The van der Waals surface area contributed by atoms with Crippen molar-refractivity contribution in [1.82, 2.24) is 35.6 Å². The Bertz CT molecular complexity index is 1940. The number of H-pyrrole nitrogens is 1. The number of nitrogens with one attached hydrogen (secondary N) is 4. The number of ether oxygens (including phenoxy) is 1. The predicted molar refractivity (Wildman–Crippen MR) is 236 cm³/mol. The summed E-state index contributed by atoms with van der Waals surface area (Å²) in [7, 11) is 4.38. The second-order valence-electron chi connectivity index (χ2n) is 18.4. The molecule has 0 saturated carbocycles. The standard InChI is InChI=1S/C46H70N8O8/c1-26(2)20-34-43(58)52(10)30(9)46(61)62-39(18-15-19-47)42(57)51-36(22-28(5)6)45(60)53(11)37(23-29(7)8)40(55)50-35(21-27(3)4)44(59)54(12)38(41(56)49-34)24-31-25-48-33-17-14-13-16-32(31)33/h13-14,16-17,25-30,34-39,48H,15,18,20-24H2,1-12H3,(H,49,56)(H,50,55)(H,51,57)/t30-,34-,35-,36-,37-,38-,39+/m0/s1. The van der Waals surface area contributed by atoms with E-state index in [1.807, 2.05) is 85.7 Å². The highest BCUT2D eigenvalue weighted by Crippen LogP contribution is 2.23. The third-order valence-corrected chi connectivity index (χ3v) is 11.3. The average Bonchev–Trinajstić information content (AvgIpc) is 3.62. The van der Waals surface area contributed by atoms with Crippen molar-refractivity contribution < 1.29 is 38.3 Å². The third kappa shape index (κ3) is 13.8. The van der Waals surface area contributed by atoms with E-state index < -0.39 is 83.8 Å². The van der Waals surface area contributed by atoms with Crippen LogP contribution in [-0.4, -0.2) is 125 Å². The number of para-hydroxylation sites is 1. The first kappa shape index (κ1) is 50.9. The molecule has 1 aromatic carbocycles. The van der Waals surface area contributed by atoms with Gasteiger partial charge in [-0.3, -0.25) is 28.8 Å². The number of carbonyl (C=O) groups is 7. The van der Waals surface area contributed by atoms with Gasteiger partial charge in [-0.15, -0.1) is 0 Å². The molecule has 1 aliphatic heterocycles. The minimum atomic E-state index is -1.49. The fourth-order valence-electron chi connectivity index (χ4n) is 7.75. The number of aromatic amines is 1. The van der Waals surface area contributed by atoms with Crippen LogP contribution in [0.25, 0.3) is 10.9 Å². The van der Waals surface area contributed by atoms with E-state index in [-0.39, 0.29) is 68.6 Å². The van der Waals surface area contributed by atoms with Crippen LogP contribution in [0.5, 0.6) is 0 Å². The summed E-state index contributed by atoms with van der Waals surface area (Å²) >= 11 is 0. The van der Waals surface area contributed by atoms with E-state index in [4.69, 9.17) is 4.74 Å². The Morgan fingerprint density at radius 3 is 1.60 bits per heavy atom. The monoisotopic (exact) mass is 863 g/mol. The topological polar surface area (TPSA) is 214 Å². The molecule has 16 heteroatoms. The van der Waals surface area contributed by atoms with Gasteiger partial charge in [0.25, 0.3) is 5.91 Å². The van der Waals surface area contributed by atoms with Gasteiger partial charge < -0.3 is 40.4 Å². The number of hydrogen-bond acceptors (Lipinski definition) is 9. The van der Waals surface area contributed by atoms with Crippen molar-refractivity contribution in [3.05, 3.63) is 36.0 Å². The number of aromatic nitrogens is 1. The van der Waals surface area contributed by atoms with E-state index >= 15 is 0 Å². The van der Waals surface area contributed by atoms with E-state index in [9.17, 15) is 38.8 Å². The molecule has 7 atom stereocenters. The van der Waals surface area contributed by atoms with Crippen LogP contribution in [0.4, 0.5) is 0 Å². The molecule has 2 aromatic rings. The zero-order chi connectivity index (χ0) is 46.6. The van der Waals surface area contributed by atoms with Crippen molar-refractivity contribution in [3.8, 4) is 6.07 Å². The fourth-order valence-corrected chi connectivity index (χ4v) is 7.75. The zero-order valence-electron chi connectivity index (χ0n) is 38.7. The lowest BCUT2D eigenvalue weighted by atomic mass is 9.96. The second-order valence-corrected chi connectivity index (χ2v) is 18.4. The summed E-state index contributed by atoms with van der Waals surface area (Å²) in [6.45, 7) is 16.6. The second kappa shape index (κ2) is 23.1. The number of likely N-dealkylation sites (N-methyl/N-ethyl adjacent to an activating group) is 3. The van der Waals surface area contributed by atoms with Gasteiger partial charge in [-0.05, 0) is 67.9 Å². The zero-order valence-corrected chi connectivity index (χ0v) is 38.7. The molecule has 1 saturated heterocycles. The Morgan fingerprint density at radius 2 is 1.10 bits per heavy atom. The lowest BCUT2D eigenvalue weighted by Crippen LogP contribution is -2.60. The summed E-state index contributed by atoms with van der Waals surface area (Å²) in [6, 6.07) is 2.67. The molecule has 4 N–H and O–H groups in total. The van der Waals surface area contributed by atoms with Gasteiger partial charge in [0.2, 0.25) is 29.5 Å². The molecule has 0 unspecified atom stereocenters.